The number of nitrogens with zero attached hydrogens (tertiary/aromatic N) is 2. The maximum Gasteiger partial charge on any atom is 0.329 e. The molecule has 0 fully saturated rings. The molecule has 0 unspecified atom stereocenters. The summed E-state index contributed by atoms with van der Waals surface area (Å²) in [4.78, 5) is 30.2. The van der Waals surface area contributed by atoms with Gasteiger partial charge in [-0.15, -0.1) is 0 Å². The molecular weight excluding hydrogens is 396 g/mol. The van der Waals surface area contributed by atoms with Crippen molar-refractivity contribution in [3.05, 3.63) is 77.7 Å². The summed E-state index contributed by atoms with van der Waals surface area (Å²) in [6.07, 6.45) is 4.23. The van der Waals surface area contributed by atoms with Crippen molar-refractivity contribution in [2.24, 2.45) is 7.05 Å². The van der Waals surface area contributed by atoms with E-state index in [2.05, 4.69) is 10.4 Å². The number of halogens is 1. The second kappa shape index (κ2) is 8.53. The maximum atomic E-state index is 13.2. The summed E-state index contributed by atoms with van der Waals surface area (Å²) in [5, 5.41) is 6.87. The van der Waals surface area contributed by atoms with E-state index in [0.29, 0.717) is 16.8 Å². The van der Waals surface area contributed by atoms with Gasteiger partial charge >= 0.3 is 7.60 Å². The van der Waals surface area contributed by atoms with Crippen LogP contribution in [0, 0.1) is 5.82 Å². The van der Waals surface area contributed by atoms with Crippen LogP contribution in [0.4, 0.5) is 10.1 Å². The average Bonchev–Trinajstić information content (AvgIpc) is 3.02. The van der Waals surface area contributed by atoms with Crippen LogP contribution < -0.4 is 5.32 Å². The fourth-order valence-corrected chi connectivity index (χ4v) is 3.50. The molecule has 0 saturated carbocycles. The first-order valence-electron chi connectivity index (χ1n) is 8.62. The summed E-state index contributed by atoms with van der Waals surface area (Å²) >= 11 is 0. The molecular formula is C20H19FN3O4P. The summed E-state index contributed by atoms with van der Waals surface area (Å²) < 4.78 is 25.8. The van der Waals surface area contributed by atoms with Crippen LogP contribution in [0.5, 0.6) is 0 Å². The van der Waals surface area contributed by atoms with Gasteiger partial charge in [-0.3, -0.25) is 14.0 Å². The van der Waals surface area contributed by atoms with Crippen LogP contribution in [-0.2, 0) is 22.6 Å². The Bertz CT molecular complexity index is 1090. The van der Waals surface area contributed by atoms with Gasteiger partial charge < -0.3 is 15.1 Å². The second-order valence-corrected chi connectivity index (χ2v) is 8.07. The Morgan fingerprint density at radius 2 is 1.83 bits per heavy atom. The molecule has 29 heavy (non-hydrogen) atoms. The Balaban J connectivity index is 1.70. The minimum absolute atomic E-state index is 0.334. The van der Waals surface area contributed by atoms with Gasteiger partial charge in [-0.05, 0) is 48.0 Å². The smallest absolute Gasteiger partial charge is 0.324 e. The van der Waals surface area contributed by atoms with E-state index in [-0.39, 0.29) is 17.9 Å². The van der Waals surface area contributed by atoms with E-state index in [4.69, 9.17) is 9.79 Å². The first kappa shape index (κ1) is 20.7. The molecule has 0 radical (unpaired) electrons. The topological polar surface area (TPSA) is 104 Å². The fourth-order valence-electron chi connectivity index (χ4n) is 2.82. The van der Waals surface area contributed by atoms with Crippen LogP contribution in [0.3, 0.4) is 0 Å². The molecule has 1 heterocycles. The quantitative estimate of drug-likeness (QED) is 0.422. The molecule has 3 rings (SSSR count). The van der Waals surface area contributed by atoms with Crippen molar-refractivity contribution in [3.8, 4) is 11.3 Å². The Hall–Kier alpha value is -3.06. The van der Waals surface area contributed by atoms with Gasteiger partial charge in [0.25, 0.3) is 0 Å². The maximum absolute atomic E-state index is 13.2. The van der Waals surface area contributed by atoms with Crippen LogP contribution in [0.15, 0.2) is 60.8 Å². The second-order valence-electron chi connectivity index (χ2n) is 6.42. The highest BCUT2D eigenvalue weighted by Crippen LogP contribution is 2.39. The van der Waals surface area contributed by atoms with Gasteiger partial charge in [0.2, 0.25) is 5.91 Å². The van der Waals surface area contributed by atoms with Crippen LogP contribution >= 0.6 is 7.60 Å². The molecule has 0 spiro atoms. The number of aryl methyl sites for hydroxylation is 1. The lowest BCUT2D eigenvalue weighted by Gasteiger charge is -2.06. The fraction of sp³-hybridized carbons (Fsp3) is 0.100. The molecule has 9 heteroatoms. The summed E-state index contributed by atoms with van der Waals surface area (Å²) in [6.45, 7) is 0. The van der Waals surface area contributed by atoms with Crippen molar-refractivity contribution >= 4 is 25.3 Å². The summed E-state index contributed by atoms with van der Waals surface area (Å²) in [6, 6.07) is 12.2. The SMILES string of the molecule is Cn1ncc(/C=C/C(=O)Nc2ccc(CP(=O)(O)O)cc2)c1-c1ccc(F)cc1. The van der Waals surface area contributed by atoms with E-state index in [9.17, 15) is 13.8 Å². The molecule has 0 atom stereocenters. The molecule has 0 aliphatic rings. The molecule has 0 aliphatic heterocycles. The van der Waals surface area contributed by atoms with Gasteiger partial charge in [-0.25, -0.2) is 4.39 Å². The molecule has 0 aliphatic carbocycles. The molecule has 1 aromatic heterocycles. The lowest BCUT2D eigenvalue weighted by molar-refractivity contribution is -0.111. The van der Waals surface area contributed by atoms with E-state index in [1.54, 1.807) is 60.4 Å². The third-order valence-electron chi connectivity index (χ3n) is 4.11. The third-order valence-corrected chi connectivity index (χ3v) is 4.89. The van der Waals surface area contributed by atoms with Crippen LogP contribution in [0.25, 0.3) is 17.3 Å². The van der Waals surface area contributed by atoms with Crippen LogP contribution in [0.1, 0.15) is 11.1 Å². The number of nitrogens with one attached hydrogen (secondary N) is 1. The highest BCUT2D eigenvalue weighted by atomic mass is 31.2. The van der Waals surface area contributed by atoms with Gasteiger partial charge in [0.05, 0.1) is 18.1 Å². The normalized spacial score (nSPS) is 11.7. The van der Waals surface area contributed by atoms with E-state index in [1.807, 2.05) is 0 Å². The lowest BCUT2D eigenvalue weighted by Crippen LogP contribution is -2.07. The van der Waals surface area contributed by atoms with E-state index in [1.165, 1.54) is 18.2 Å². The minimum Gasteiger partial charge on any atom is -0.324 e. The number of amides is 1. The number of rotatable bonds is 6. The van der Waals surface area contributed by atoms with Gasteiger partial charge in [-0.1, -0.05) is 12.1 Å². The monoisotopic (exact) mass is 415 g/mol. The standard InChI is InChI=1S/C20H19FN3O4P/c1-24-20(15-4-7-17(21)8-5-15)16(12-22-24)6-11-19(25)23-18-9-2-14(3-10-18)13-29(26,27)28/h2-12H,13H2,1H3,(H,23,25)(H2,26,27,28)/b11-6+. The molecule has 1 amide bonds. The van der Waals surface area contributed by atoms with Crippen LogP contribution in [-0.4, -0.2) is 25.5 Å². The highest BCUT2D eigenvalue weighted by molar-refractivity contribution is 7.50. The zero-order valence-corrected chi connectivity index (χ0v) is 16.4. The zero-order chi connectivity index (χ0) is 21.0. The molecule has 0 bridgehead atoms. The number of carbonyl (C=O) groups excluding carboxylic acids is 1. The van der Waals surface area contributed by atoms with Crippen molar-refractivity contribution in [3.63, 3.8) is 0 Å². The van der Waals surface area contributed by atoms with Gasteiger partial charge in [-0.2, -0.15) is 5.10 Å². The number of carbonyl (C=O) groups is 1. The first-order chi connectivity index (χ1) is 13.7. The van der Waals surface area contributed by atoms with Crippen molar-refractivity contribution < 1.29 is 23.5 Å². The molecule has 0 saturated heterocycles. The Morgan fingerprint density at radius 1 is 1.17 bits per heavy atom. The molecule has 7 nitrogen and oxygen atoms in total. The van der Waals surface area contributed by atoms with Gasteiger partial charge in [0.15, 0.2) is 0 Å². The zero-order valence-electron chi connectivity index (χ0n) is 15.5. The Morgan fingerprint density at radius 3 is 2.45 bits per heavy atom. The van der Waals surface area contributed by atoms with E-state index < -0.39 is 7.60 Å². The molecule has 3 N–H and O–H groups in total. The summed E-state index contributed by atoms with van der Waals surface area (Å²) in [5.74, 6) is -0.708. The minimum atomic E-state index is -4.13. The van der Waals surface area contributed by atoms with Gasteiger partial charge in [0, 0.05) is 29.9 Å². The van der Waals surface area contributed by atoms with Crippen molar-refractivity contribution in [2.75, 3.05) is 5.32 Å². The van der Waals surface area contributed by atoms with Crippen molar-refractivity contribution in [1.29, 1.82) is 0 Å². The third kappa shape index (κ3) is 5.71. The van der Waals surface area contributed by atoms with E-state index in [0.717, 1.165) is 11.3 Å². The largest absolute Gasteiger partial charge is 0.329 e. The summed E-state index contributed by atoms with van der Waals surface area (Å²) in [5.41, 5.74) is 3.19. The number of benzene rings is 2. The van der Waals surface area contributed by atoms with Gasteiger partial charge in [0.1, 0.15) is 5.82 Å². The number of anilines is 1. The molecule has 3 aromatic rings. The number of hydrogen-bond acceptors (Lipinski definition) is 3. The predicted molar refractivity (Wildman–Crippen MR) is 108 cm³/mol. The number of aromatic nitrogens is 2. The Kier molecular flexibility index (Phi) is 6.08. The highest BCUT2D eigenvalue weighted by Gasteiger charge is 2.13. The molecule has 2 aromatic carbocycles. The summed E-state index contributed by atoms with van der Waals surface area (Å²) in [7, 11) is -2.37. The van der Waals surface area contributed by atoms with E-state index >= 15 is 0 Å². The number of hydrogen-bond donors (Lipinski definition) is 3. The Labute approximate surface area is 166 Å². The first-order valence-corrected chi connectivity index (χ1v) is 10.4. The average molecular weight is 415 g/mol. The lowest BCUT2D eigenvalue weighted by atomic mass is 10.1. The predicted octanol–water partition coefficient (Wildman–Crippen LogP) is 3.56. The molecule has 150 valence electrons. The van der Waals surface area contributed by atoms with Crippen molar-refractivity contribution in [2.45, 2.75) is 6.16 Å². The van der Waals surface area contributed by atoms with Crippen molar-refractivity contribution in [1.82, 2.24) is 9.78 Å². The van der Waals surface area contributed by atoms with Crippen LogP contribution in [0.2, 0.25) is 0 Å².